The van der Waals surface area contributed by atoms with E-state index >= 15 is 0 Å². The molecule has 1 aliphatic rings. The molecule has 0 spiro atoms. The van der Waals surface area contributed by atoms with E-state index in [1.807, 2.05) is 44.2 Å². The first kappa shape index (κ1) is 19.5. The number of hydrogen-bond acceptors (Lipinski definition) is 5. The van der Waals surface area contributed by atoms with Crippen molar-refractivity contribution >= 4 is 46.2 Å². The minimum atomic E-state index is -0.128. The van der Waals surface area contributed by atoms with E-state index in [0.29, 0.717) is 24.6 Å². The van der Waals surface area contributed by atoms with Gasteiger partial charge in [-0.05, 0) is 49.4 Å². The number of thiocarbonyl (C=S) groups is 1. The molecule has 1 aromatic rings. The van der Waals surface area contributed by atoms with Gasteiger partial charge in [-0.15, -0.1) is 0 Å². The number of hydrogen-bond donors (Lipinski definition) is 0. The lowest BCUT2D eigenvalue weighted by Crippen LogP contribution is -2.35. The predicted molar refractivity (Wildman–Crippen MR) is 106 cm³/mol. The van der Waals surface area contributed by atoms with Crippen molar-refractivity contribution in [2.24, 2.45) is 0 Å². The standard InChI is InChI=1S/C18H22N2O3S2/c1-4-19(5-2)16(21)10-11-20-17(24)15(25-18(20)22)12-13-6-8-14(23-3)9-7-13/h6-9,12H,4-5,10-11H2,1-3H3/b15-12+. The highest BCUT2D eigenvalue weighted by Gasteiger charge is 2.32. The Balaban J connectivity index is 2.03. The molecule has 0 unspecified atom stereocenters. The number of benzene rings is 1. The lowest BCUT2D eigenvalue weighted by molar-refractivity contribution is -0.130. The zero-order chi connectivity index (χ0) is 18.4. The Morgan fingerprint density at radius 1 is 1.28 bits per heavy atom. The number of ether oxygens (including phenoxy) is 1. The third-order valence-electron chi connectivity index (χ3n) is 3.95. The topological polar surface area (TPSA) is 49.9 Å². The van der Waals surface area contributed by atoms with E-state index in [1.54, 1.807) is 12.0 Å². The van der Waals surface area contributed by atoms with E-state index < -0.39 is 0 Å². The minimum Gasteiger partial charge on any atom is -0.497 e. The largest absolute Gasteiger partial charge is 0.497 e. The quantitative estimate of drug-likeness (QED) is 0.534. The monoisotopic (exact) mass is 378 g/mol. The summed E-state index contributed by atoms with van der Waals surface area (Å²) in [4.78, 5) is 28.8. The van der Waals surface area contributed by atoms with E-state index in [0.717, 1.165) is 28.0 Å². The third-order valence-corrected chi connectivity index (χ3v) is 5.45. The molecule has 1 heterocycles. The van der Waals surface area contributed by atoms with Crippen LogP contribution in [0.4, 0.5) is 4.79 Å². The zero-order valence-electron chi connectivity index (χ0n) is 14.7. The summed E-state index contributed by atoms with van der Waals surface area (Å²) in [5, 5.41) is -0.128. The molecule has 2 amide bonds. The van der Waals surface area contributed by atoms with Crippen molar-refractivity contribution in [2.75, 3.05) is 26.7 Å². The summed E-state index contributed by atoms with van der Waals surface area (Å²) in [6, 6.07) is 7.53. The van der Waals surface area contributed by atoms with Crippen molar-refractivity contribution in [3.63, 3.8) is 0 Å². The Kier molecular flexibility index (Phi) is 7.01. The van der Waals surface area contributed by atoms with Crippen molar-refractivity contribution in [3.05, 3.63) is 34.7 Å². The average Bonchev–Trinajstić information content (AvgIpc) is 2.88. The van der Waals surface area contributed by atoms with Gasteiger partial charge in [-0.25, -0.2) is 0 Å². The molecule has 0 aliphatic carbocycles. The number of methoxy groups -OCH3 is 1. The number of amides is 2. The smallest absolute Gasteiger partial charge is 0.291 e. The average molecular weight is 379 g/mol. The Morgan fingerprint density at radius 2 is 1.92 bits per heavy atom. The first-order valence-corrected chi connectivity index (χ1v) is 9.39. The maximum atomic E-state index is 12.2. The molecule has 0 aromatic heterocycles. The van der Waals surface area contributed by atoms with Crippen molar-refractivity contribution in [1.29, 1.82) is 0 Å². The van der Waals surface area contributed by atoms with Crippen LogP contribution in [0.25, 0.3) is 6.08 Å². The molecular weight excluding hydrogens is 356 g/mol. The maximum absolute atomic E-state index is 12.2. The molecule has 0 saturated carbocycles. The van der Waals surface area contributed by atoms with Gasteiger partial charge in [-0.3, -0.25) is 14.5 Å². The second-order valence-electron chi connectivity index (χ2n) is 5.42. The number of nitrogens with zero attached hydrogens (tertiary/aromatic N) is 2. The van der Waals surface area contributed by atoms with Crippen LogP contribution in [0.3, 0.4) is 0 Å². The highest BCUT2D eigenvalue weighted by Crippen LogP contribution is 2.33. The molecule has 0 atom stereocenters. The van der Waals surface area contributed by atoms with Crippen LogP contribution in [0.15, 0.2) is 29.2 Å². The molecule has 134 valence electrons. The molecule has 5 nitrogen and oxygen atoms in total. The fraction of sp³-hybridized carbons (Fsp3) is 0.389. The van der Waals surface area contributed by atoms with Gasteiger partial charge in [0.25, 0.3) is 5.24 Å². The van der Waals surface area contributed by atoms with Crippen molar-refractivity contribution in [1.82, 2.24) is 9.80 Å². The van der Waals surface area contributed by atoms with Gasteiger partial charge in [-0.2, -0.15) is 0 Å². The number of carbonyl (C=O) groups is 2. The molecule has 1 aliphatic heterocycles. The van der Waals surface area contributed by atoms with E-state index in [2.05, 4.69) is 0 Å². The van der Waals surface area contributed by atoms with Gasteiger partial charge in [-0.1, -0.05) is 24.4 Å². The molecule has 0 radical (unpaired) electrons. The van der Waals surface area contributed by atoms with E-state index in [9.17, 15) is 9.59 Å². The molecular formula is C18H22N2O3S2. The minimum absolute atomic E-state index is 0.0400. The van der Waals surface area contributed by atoms with Gasteiger partial charge in [0.1, 0.15) is 10.7 Å². The van der Waals surface area contributed by atoms with Crippen LogP contribution in [-0.4, -0.2) is 52.7 Å². The Hall–Kier alpha value is -1.86. The van der Waals surface area contributed by atoms with Gasteiger partial charge < -0.3 is 9.64 Å². The summed E-state index contributed by atoms with van der Waals surface area (Å²) in [5.41, 5.74) is 0.944. The molecule has 2 rings (SSSR count). The van der Waals surface area contributed by atoms with E-state index in [4.69, 9.17) is 17.0 Å². The second-order valence-corrected chi connectivity index (χ2v) is 6.80. The van der Waals surface area contributed by atoms with Gasteiger partial charge in [0.05, 0.1) is 12.0 Å². The molecule has 0 bridgehead atoms. The molecule has 7 heteroatoms. The highest BCUT2D eigenvalue weighted by molar-refractivity contribution is 8.19. The lowest BCUT2D eigenvalue weighted by Gasteiger charge is -2.20. The first-order chi connectivity index (χ1) is 12.0. The van der Waals surface area contributed by atoms with Crippen LogP contribution in [0, 0.1) is 0 Å². The molecule has 1 saturated heterocycles. The summed E-state index contributed by atoms with van der Waals surface area (Å²) >= 11 is 6.54. The fourth-order valence-corrected chi connectivity index (χ4v) is 3.78. The molecule has 1 aromatic carbocycles. The van der Waals surface area contributed by atoms with Gasteiger partial charge in [0, 0.05) is 26.1 Å². The number of thioether (sulfide) groups is 1. The van der Waals surface area contributed by atoms with Gasteiger partial charge >= 0.3 is 0 Å². The van der Waals surface area contributed by atoms with Crippen molar-refractivity contribution in [2.45, 2.75) is 20.3 Å². The highest BCUT2D eigenvalue weighted by atomic mass is 32.2. The van der Waals surface area contributed by atoms with Gasteiger partial charge in [0.2, 0.25) is 5.91 Å². The van der Waals surface area contributed by atoms with Crippen LogP contribution in [0.1, 0.15) is 25.8 Å². The summed E-state index contributed by atoms with van der Waals surface area (Å²) < 4.78 is 5.14. The van der Waals surface area contributed by atoms with Crippen molar-refractivity contribution < 1.29 is 14.3 Å². The SMILES string of the molecule is CCN(CC)C(=O)CCN1C(=O)S/C(=C/c2ccc(OC)cc2)C1=S. The molecule has 25 heavy (non-hydrogen) atoms. The second kappa shape index (κ2) is 9.01. The fourth-order valence-electron chi connectivity index (χ4n) is 2.49. The Labute approximate surface area is 158 Å². The number of rotatable bonds is 7. The molecule has 1 fully saturated rings. The third kappa shape index (κ3) is 4.83. The van der Waals surface area contributed by atoms with Crippen LogP contribution in [0.5, 0.6) is 5.75 Å². The normalized spacial score (nSPS) is 15.8. The van der Waals surface area contributed by atoms with Gasteiger partial charge in [0.15, 0.2) is 0 Å². The van der Waals surface area contributed by atoms with E-state index in [1.165, 1.54) is 4.90 Å². The van der Waals surface area contributed by atoms with Crippen LogP contribution >= 0.6 is 24.0 Å². The summed E-state index contributed by atoms with van der Waals surface area (Å²) in [7, 11) is 1.62. The first-order valence-electron chi connectivity index (χ1n) is 8.17. The maximum Gasteiger partial charge on any atom is 0.291 e. The predicted octanol–water partition coefficient (Wildman–Crippen LogP) is 3.79. The summed E-state index contributed by atoms with van der Waals surface area (Å²) in [6.07, 6.45) is 2.17. The number of carbonyl (C=O) groups excluding carboxylic acids is 2. The van der Waals surface area contributed by atoms with Crippen LogP contribution in [0.2, 0.25) is 0 Å². The Bertz CT molecular complexity index is 682. The van der Waals surface area contributed by atoms with Crippen LogP contribution < -0.4 is 4.74 Å². The Morgan fingerprint density at radius 3 is 2.48 bits per heavy atom. The summed E-state index contributed by atoms with van der Waals surface area (Å²) in [5.74, 6) is 0.814. The zero-order valence-corrected chi connectivity index (χ0v) is 16.3. The lowest BCUT2D eigenvalue weighted by atomic mass is 10.2. The van der Waals surface area contributed by atoms with Crippen LogP contribution in [-0.2, 0) is 4.79 Å². The van der Waals surface area contributed by atoms with Crippen molar-refractivity contribution in [3.8, 4) is 5.75 Å². The molecule has 0 N–H and O–H groups in total. The summed E-state index contributed by atoms with van der Waals surface area (Å²) in [6.45, 7) is 5.55. The van der Waals surface area contributed by atoms with E-state index in [-0.39, 0.29) is 17.6 Å².